The minimum absolute atomic E-state index is 0.320. The second-order valence-electron chi connectivity index (χ2n) is 8.02. The molecule has 3 rings (SSSR count). The van der Waals surface area contributed by atoms with E-state index < -0.39 is 18.1 Å². The van der Waals surface area contributed by atoms with Gasteiger partial charge in [-0.05, 0) is 39.8 Å². The van der Waals surface area contributed by atoms with Crippen LogP contribution >= 0.6 is 0 Å². The maximum atomic E-state index is 13.2. The molecule has 0 aliphatic carbocycles. The highest BCUT2D eigenvalue weighted by atomic mass is 16.5. The van der Waals surface area contributed by atoms with Gasteiger partial charge in [-0.25, -0.2) is 4.79 Å². The lowest BCUT2D eigenvalue weighted by Crippen LogP contribution is -2.40. The van der Waals surface area contributed by atoms with E-state index in [1.807, 2.05) is 51.1 Å². The summed E-state index contributed by atoms with van der Waals surface area (Å²) in [5.74, 6) is -1.38. The Labute approximate surface area is 188 Å². The SMILES string of the molecule is Cc1ccc(C(=O)C(OC(=O)[C@H](C)NC(=O)c2cccc(C)c2)c2ccc(C)cc2)cc1. The van der Waals surface area contributed by atoms with Crippen LogP contribution in [0.3, 0.4) is 0 Å². The summed E-state index contributed by atoms with van der Waals surface area (Å²) < 4.78 is 5.64. The van der Waals surface area contributed by atoms with Gasteiger partial charge in [0.15, 0.2) is 6.10 Å². The molecule has 0 spiro atoms. The highest BCUT2D eigenvalue weighted by Crippen LogP contribution is 2.24. The molecule has 1 N–H and O–H groups in total. The van der Waals surface area contributed by atoms with E-state index in [1.165, 1.54) is 0 Å². The molecule has 0 heterocycles. The summed E-state index contributed by atoms with van der Waals surface area (Å²) in [5, 5.41) is 2.65. The molecule has 5 heteroatoms. The Hall–Kier alpha value is -3.73. The lowest BCUT2D eigenvalue weighted by molar-refractivity contribution is -0.149. The van der Waals surface area contributed by atoms with Crippen molar-refractivity contribution in [2.45, 2.75) is 39.8 Å². The Morgan fingerprint density at radius 1 is 0.750 bits per heavy atom. The van der Waals surface area contributed by atoms with Crippen molar-refractivity contribution in [3.63, 3.8) is 0 Å². The third kappa shape index (κ3) is 5.70. The van der Waals surface area contributed by atoms with Crippen molar-refractivity contribution in [1.82, 2.24) is 5.32 Å². The van der Waals surface area contributed by atoms with Crippen molar-refractivity contribution in [3.8, 4) is 0 Å². The van der Waals surface area contributed by atoms with E-state index in [9.17, 15) is 14.4 Å². The Morgan fingerprint density at radius 2 is 1.34 bits per heavy atom. The van der Waals surface area contributed by atoms with Gasteiger partial charge in [-0.1, -0.05) is 77.4 Å². The maximum Gasteiger partial charge on any atom is 0.329 e. The van der Waals surface area contributed by atoms with Crippen LogP contribution in [-0.4, -0.2) is 23.7 Å². The van der Waals surface area contributed by atoms with Crippen molar-refractivity contribution in [3.05, 3.63) is 106 Å². The summed E-state index contributed by atoms with van der Waals surface area (Å²) in [4.78, 5) is 38.6. The van der Waals surface area contributed by atoms with Crippen LogP contribution in [0.2, 0.25) is 0 Å². The van der Waals surface area contributed by atoms with E-state index in [1.54, 1.807) is 49.4 Å². The number of amides is 1. The van der Waals surface area contributed by atoms with E-state index >= 15 is 0 Å². The third-order valence-electron chi connectivity index (χ3n) is 5.17. The minimum Gasteiger partial charge on any atom is -0.447 e. The molecule has 3 aromatic carbocycles. The topological polar surface area (TPSA) is 72.5 Å². The molecule has 0 aliphatic rings. The molecule has 1 unspecified atom stereocenters. The lowest BCUT2D eigenvalue weighted by atomic mass is 9.98. The van der Waals surface area contributed by atoms with E-state index in [-0.39, 0.29) is 11.7 Å². The summed E-state index contributed by atoms with van der Waals surface area (Å²) in [7, 11) is 0. The van der Waals surface area contributed by atoms with E-state index in [0.717, 1.165) is 16.7 Å². The number of ether oxygens (including phenoxy) is 1. The molecule has 0 bridgehead atoms. The summed E-state index contributed by atoms with van der Waals surface area (Å²) in [6, 6.07) is 20.5. The van der Waals surface area contributed by atoms with Gasteiger partial charge in [-0.2, -0.15) is 0 Å². The number of hydrogen-bond donors (Lipinski definition) is 1. The van der Waals surface area contributed by atoms with E-state index in [4.69, 9.17) is 4.74 Å². The summed E-state index contributed by atoms with van der Waals surface area (Å²) in [5.41, 5.74) is 4.47. The fourth-order valence-corrected chi connectivity index (χ4v) is 3.23. The smallest absolute Gasteiger partial charge is 0.329 e. The fraction of sp³-hybridized carbons (Fsp3) is 0.222. The number of Topliss-reactive ketones (excluding diaryl/α,β-unsaturated/α-hetero) is 1. The molecule has 1 amide bonds. The molecule has 0 aliphatic heterocycles. The number of aryl methyl sites for hydroxylation is 3. The summed E-state index contributed by atoms with van der Waals surface area (Å²) in [6.07, 6.45) is -1.11. The predicted octanol–water partition coefficient (Wildman–Crippen LogP) is 4.90. The second kappa shape index (κ2) is 10.1. The molecular weight excluding hydrogens is 402 g/mol. The van der Waals surface area contributed by atoms with Crippen molar-refractivity contribution in [2.24, 2.45) is 0 Å². The van der Waals surface area contributed by atoms with Crippen LogP contribution in [0, 0.1) is 20.8 Å². The van der Waals surface area contributed by atoms with E-state index in [0.29, 0.717) is 16.7 Å². The standard InChI is InChI=1S/C27H27NO4/c1-17-8-12-21(13-9-17)24(29)25(22-14-10-18(2)11-15-22)32-27(31)20(4)28-26(30)23-7-5-6-19(3)16-23/h5-16,20,25H,1-4H3,(H,28,30)/t20-,25?/m0/s1. The molecular formula is C27H27NO4. The maximum absolute atomic E-state index is 13.2. The molecule has 164 valence electrons. The number of carbonyl (C=O) groups excluding carboxylic acids is 3. The van der Waals surface area contributed by atoms with Crippen LogP contribution in [0.1, 0.15) is 56.0 Å². The largest absolute Gasteiger partial charge is 0.447 e. The van der Waals surface area contributed by atoms with Gasteiger partial charge in [0.05, 0.1) is 0 Å². The van der Waals surface area contributed by atoms with Gasteiger partial charge in [0.25, 0.3) is 5.91 Å². The molecule has 2 atom stereocenters. The number of benzene rings is 3. The molecule has 0 saturated carbocycles. The van der Waals surface area contributed by atoms with Crippen LogP contribution < -0.4 is 5.32 Å². The quantitative estimate of drug-likeness (QED) is 0.428. The van der Waals surface area contributed by atoms with Crippen molar-refractivity contribution >= 4 is 17.7 Å². The molecule has 32 heavy (non-hydrogen) atoms. The van der Waals surface area contributed by atoms with Crippen molar-refractivity contribution in [2.75, 3.05) is 0 Å². The Balaban J connectivity index is 1.79. The van der Waals surface area contributed by atoms with Gasteiger partial charge in [0, 0.05) is 16.7 Å². The molecule has 3 aromatic rings. The highest BCUT2D eigenvalue weighted by molar-refractivity contribution is 6.01. The second-order valence-corrected chi connectivity index (χ2v) is 8.02. The van der Waals surface area contributed by atoms with Crippen LogP contribution in [0.5, 0.6) is 0 Å². The molecule has 0 fully saturated rings. The molecule has 0 radical (unpaired) electrons. The van der Waals surface area contributed by atoms with Gasteiger partial charge >= 0.3 is 5.97 Å². The first-order valence-electron chi connectivity index (χ1n) is 10.5. The average molecular weight is 430 g/mol. The highest BCUT2D eigenvalue weighted by Gasteiger charge is 2.29. The first-order valence-corrected chi connectivity index (χ1v) is 10.5. The number of carbonyl (C=O) groups is 3. The van der Waals surface area contributed by atoms with Gasteiger partial charge in [0.1, 0.15) is 6.04 Å². The van der Waals surface area contributed by atoms with Crippen molar-refractivity contribution in [1.29, 1.82) is 0 Å². The van der Waals surface area contributed by atoms with Gasteiger partial charge in [-0.15, -0.1) is 0 Å². The Morgan fingerprint density at radius 3 is 1.94 bits per heavy atom. The first kappa shape index (κ1) is 22.9. The minimum atomic E-state index is -1.11. The average Bonchev–Trinajstić information content (AvgIpc) is 2.78. The number of rotatable bonds is 7. The normalized spacial score (nSPS) is 12.5. The molecule has 0 saturated heterocycles. The monoisotopic (exact) mass is 429 g/mol. The number of hydrogen-bond acceptors (Lipinski definition) is 4. The Bertz CT molecular complexity index is 1120. The summed E-state index contributed by atoms with van der Waals surface area (Å²) in [6.45, 7) is 7.30. The van der Waals surface area contributed by atoms with Gasteiger partial charge in [-0.3, -0.25) is 9.59 Å². The zero-order valence-electron chi connectivity index (χ0n) is 18.7. The van der Waals surface area contributed by atoms with Gasteiger partial charge < -0.3 is 10.1 Å². The van der Waals surface area contributed by atoms with Gasteiger partial charge in [0.2, 0.25) is 5.78 Å². The predicted molar refractivity (Wildman–Crippen MR) is 124 cm³/mol. The van der Waals surface area contributed by atoms with Crippen molar-refractivity contribution < 1.29 is 19.1 Å². The number of ketones is 1. The number of nitrogens with one attached hydrogen (secondary N) is 1. The molecule has 0 aromatic heterocycles. The fourth-order valence-electron chi connectivity index (χ4n) is 3.23. The summed E-state index contributed by atoms with van der Waals surface area (Å²) >= 11 is 0. The number of esters is 1. The van der Waals surface area contributed by atoms with Crippen LogP contribution in [0.15, 0.2) is 72.8 Å². The zero-order chi connectivity index (χ0) is 23.3. The van der Waals surface area contributed by atoms with Crippen LogP contribution in [-0.2, 0) is 9.53 Å². The lowest BCUT2D eigenvalue weighted by Gasteiger charge is -2.21. The molecule has 5 nitrogen and oxygen atoms in total. The first-order chi connectivity index (χ1) is 15.2. The van der Waals surface area contributed by atoms with Crippen LogP contribution in [0.4, 0.5) is 0 Å². The zero-order valence-corrected chi connectivity index (χ0v) is 18.7. The Kier molecular flexibility index (Phi) is 7.21. The van der Waals surface area contributed by atoms with E-state index in [2.05, 4.69) is 5.32 Å². The third-order valence-corrected chi connectivity index (χ3v) is 5.17. The van der Waals surface area contributed by atoms with Crippen LogP contribution in [0.25, 0.3) is 0 Å².